The zero-order valence-corrected chi connectivity index (χ0v) is 17.7. The van der Waals surface area contributed by atoms with Crippen LogP contribution in [0.1, 0.15) is 15.9 Å². The zero-order valence-electron chi connectivity index (χ0n) is 16.9. The number of pyridine rings is 1. The summed E-state index contributed by atoms with van der Waals surface area (Å²) in [7, 11) is -3.75. The van der Waals surface area contributed by atoms with Crippen LogP contribution in [0.25, 0.3) is 10.9 Å². The maximum atomic E-state index is 13.2. The van der Waals surface area contributed by atoms with Gasteiger partial charge in [-0.3, -0.25) is 9.78 Å². The Labute approximate surface area is 184 Å². The average molecular weight is 446 g/mol. The number of sulfone groups is 1. The van der Waals surface area contributed by atoms with Gasteiger partial charge in [0, 0.05) is 29.3 Å². The highest BCUT2D eigenvalue weighted by Gasteiger charge is 2.22. The van der Waals surface area contributed by atoms with Gasteiger partial charge in [0.2, 0.25) is 9.84 Å². The summed E-state index contributed by atoms with van der Waals surface area (Å²) in [5.41, 5.74) is 8.50. The Balaban J connectivity index is 1.71. The summed E-state index contributed by atoms with van der Waals surface area (Å²) in [4.78, 5) is 16.8. The van der Waals surface area contributed by atoms with Crippen LogP contribution in [0.15, 0.2) is 82.7 Å². The van der Waals surface area contributed by atoms with E-state index in [0.29, 0.717) is 23.2 Å². The Hall–Kier alpha value is -3.91. The summed E-state index contributed by atoms with van der Waals surface area (Å²) < 4.78 is 32.0. The van der Waals surface area contributed by atoms with Crippen LogP contribution in [-0.4, -0.2) is 25.9 Å². The molecule has 0 unspecified atom stereocenters. The summed E-state index contributed by atoms with van der Waals surface area (Å²) in [6.45, 7) is 0.577. The van der Waals surface area contributed by atoms with Gasteiger partial charge in [-0.1, -0.05) is 24.3 Å². The molecule has 7 nitrogen and oxygen atoms in total. The molecule has 2 heterocycles. The van der Waals surface area contributed by atoms with Gasteiger partial charge in [0.1, 0.15) is 5.75 Å². The molecular formula is C24H19N3O4S. The van der Waals surface area contributed by atoms with Crippen molar-refractivity contribution in [2.45, 2.75) is 16.2 Å². The van der Waals surface area contributed by atoms with Gasteiger partial charge < -0.3 is 15.8 Å². The van der Waals surface area contributed by atoms with E-state index >= 15 is 0 Å². The number of anilines is 2. The zero-order chi connectivity index (χ0) is 22.3. The number of benzene rings is 3. The van der Waals surface area contributed by atoms with Gasteiger partial charge in [-0.05, 0) is 42.5 Å². The monoisotopic (exact) mass is 445 g/mol. The van der Waals surface area contributed by atoms with E-state index in [1.807, 2.05) is 18.2 Å². The predicted molar refractivity (Wildman–Crippen MR) is 121 cm³/mol. The molecule has 5 rings (SSSR count). The Bertz CT molecular complexity index is 1470. The number of nitrogens with zero attached hydrogens (tertiary/aromatic N) is 1. The lowest BCUT2D eigenvalue weighted by Gasteiger charge is -2.16. The molecule has 8 heteroatoms. The second kappa shape index (κ2) is 7.65. The number of carbonyl (C=O) groups is 1. The van der Waals surface area contributed by atoms with E-state index in [-0.39, 0.29) is 15.4 Å². The third-order valence-corrected chi connectivity index (χ3v) is 7.24. The fourth-order valence-electron chi connectivity index (χ4n) is 3.87. The summed E-state index contributed by atoms with van der Waals surface area (Å²) in [6.07, 6.45) is 2.12. The second-order valence-electron chi connectivity index (χ2n) is 7.41. The number of primary amides is 1. The van der Waals surface area contributed by atoms with Crippen molar-refractivity contribution in [3.63, 3.8) is 0 Å². The van der Waals surface area contributed by atoms with Crippen LogP contribution >= 0.6 is 0 Å². The van der Waals surface area contributed by atoms with Gasteiger partial charge in [0.25, 0.3) is 5.91 Å². The molecule has 3 aromatic carbocycles. The Morgan fingerprint density at radius 1 is 1.00 bits per heavy atom. The van der Waals surface area contributed by atoms with Crippen LogP contribution in [0.5, 0.6) is 5.75 Å². The van der Waals surface area contributed by atoms with Crippen molar-refractivity contribution in [3.8, 4) is 5.75 Å². The summed E-state index contributed by atoms with van der Waals surface area (Å²) in [6, 6.07) is 18.5. The molecule has 0 radical (unpaired) electrons. The van der Waals surface area contributed by atoms with Gasteiger partial charge in [-0.15, -0.1) is 0 Å². The lowest BCUT2D eigenvalue weighted by molar-refractivity contribution is 0.100. The largest absolute Gasteiger partial charge is 0.493 e. The molecular weight excluding hydrogens is 426 g/mol. The topological polar surface area (TPSA) is 111 Å². The quantitative estimate of drug-likeness (QED) is 0.483. The van der Waals surface area contributed by atoms with Gasteiger partial charge in [-0.2, -0.15) is 0 Å². The van der Waals surface area contributed by atoms with Crippen LogP contribution in [0, 0.1) is 0 Å². The first-order valence-corrected chi connectivity index (χ1v) is 11.5. The Morgan fingerprint density at radius 3 is 2.59 bits per heavy atom. The molecule has 4 aromatic rings. The first kappa shape index (κ1) is 20.0. The van der Waals surface area contributed by atoms with E-state index in [2.05, 4.69) is 10.3 Å². The smallest absolute Gasteiger partial charge is 0.252 e. The fourth-order valence-corrected chi connectivity index (χ4v) is 5.18. The minimum absolute atomic E-state index is 0.101. The standard InChI is InChI=1S/C24H19N3O4S/c25-24(28)19-14-26-20-10-9-16(32(29,30)15-5-2-1-3-6-15)13-18(20)23(19)27-21-7-4-8-22-17(21)11-12-31-22/h1-10,13-14H,11-12H2,(H2,25,28)(H,26,27). The number of rotatable bonds is 5. The van der Waals surface area contributed by atoms with E-state index in [1.165, 1.54) is 18.3 Å². The molecule has 0 atom stereocenters. The molecule has 0 fully saturated rings. The predicted octanol–water partition coefficient (Wildman–Crippen LogP) is 3.85. The van der Waals surface area contributed by atoms with Crippen molar-refractivity contribution in [3.05, 3.63) is 84.1 Å². The van der Waals surface area contributed by atoms with Crippen molar-refractivity contribution >= 4 is 38.0 Å². The van der Waals surface area contributed by atoms with Crippen LogP contribution in [-0.2, 0) is 16.3 Å². The molecule has 0 saturated carbocycles. The summed E-state index contributed by atoms with van der Waals surface area (Å²) in [5.74, 6) is 0.114. The van der Waals surface area contributed by atoms with Crippen molar-refractivity contribution in [2.24, 2.45) is 5.73 Å². The lowest BCUT2D eigenvalue weighted by atomic mass is 10.1. The number of ether oxygens (including phenoxy) is 1. The third-order valence-electron chi connectivity index (χ3n) is 5.47. The van der Waals surface area contributed by atoms with E-state index in [0.717, 1.165) is 23.4 Å². The van der Waals surface area contributed by atoms with Crippen molar-refractivity contribution < 1.29 is 17.9 Å². The molecule has 0 spiro atoms. The highest BCUT2D eigenvalue weighted by molar-refractivity contribution is 7.91. The molecule has 1 amide bonds. The molecule has 0 aliphatic carbocycles. The van der Waals surface area contributed by atoms with Crippen LogP contribution < -0.4 is 15.8 Å². The van der Waals surface area contributed by atoms with Crippen LogP contribution in [0.4, 0.5) is 11.4 Å². The Morgan fingerprint density at radius 2 is 1.81 bits per heavy atom. The third kappa shape index (κ3) is 3.34. The van der Waals surface area contributed by atoms with Crippen molar-refractivity contribution in [1.29, 1.82) is 0 Å². The summed E-state index contributed by atoms with van der Waals surface area (Å²) in [5, 5.41) is 3.78. The number of aromatic nitrogens is 1. The number of amides is 1. The lowest BCUT2D eigenvalue weighted by Crippen LogP contribution is -2.14. The highest BCUT2D eigenvalue weighted by Crippen LogP contribution is 2.37. The molecule has 32 heavy (non-hydrogen) atoms. The van der Waals surface area contributed by atoms with Gasteiger partial charge >= 0.3 is 0 Å². The molecule has 3 N–H and O–H groups in total. The molecule has 0 bridgehead atoms. The van der Waals surface area contributed by atoms with Gasteiger partial charge in [0.05, 0.1) is 33.2 Å². The number of carbonyl (C=O) groups excluding carboxylic acids is 1. The van der Waals surface area contributed by atoms with Crippen molar-refractivity contribution in [2.75, 3.05) is 11.9 Å². The maximum Gasteiger partial charge on any atom is 0.252 e. The Kier molecular flexibility index (Phi) is 4.79. The second-order valence-corrected chi connectivity index (χ2v) is 9.36. The minimum Gasteiger partial charge on any atom is -0.493 e. The number of fused-ring (bicyclic) bond motifs is 2. The van der Waals surface area contributed by atoms with Gasteiger partial charge in [0.15, 0.2) is 0 Å². The summed E-state index contributed by atoms with van der Waals surface area (Å²) >= 11 is 0. The van der Waals surface area contributed by atoms with Gasteiger partial charge in [-0.25, -0.2) is 8.42 Å². The normalized spacial score (nSPS) is 12.9. The van der Waals surface area contributed by atoms with E-state index in [4.69, 9.17) is 10.5 Å². The maximum absolute atomic E-state index is 13.2. The number of hydrogen-bond donors (Lipinski definition) is 2. The SMILES string of the molecule is NC(=O)c1cnc2ccc(S(=O)(=O)c3ccccc3)cc2c1Nc1cccc2c1CCO2. The highest BCUT2D eigenvalue weighted by atomic mass is 32.2. The number of nitrogens with two attached hydrogens (primary N) is 1. The molecule has 1 aromatic heterocycles. The first-order valence-electron chi connectivity index (χ1n) is 9.99. The first-order chi connectivity index (χ1) is 15.4. The van der Waals surface area contributed by atoms with E-state index < -0.39 is 15.7 Å². The molecule has 0 saturated heterocycles. The number of hydrogen-bond acceptors (Lipinski definition) is 6. The average Bonchev–Trinajstić information content (AvgIpc) is 3.29. The minimum atomic E-state index is -3.75. The number of nitrogens with one attached hydrogen (secondary N) is 1. The van der Waals surface area contributed by atoms with Crippen LogP contribution in [0.3, 0.4) is 0 Å². The van der Waals surface area contributed by atoms with Crippen molar-refractivity contribution in [1.82, 2.24) is 4.98 Å². The molecule has 160 valence electrons. The van der Waals surface area contributed by atoms with Crippen LogP contribution in [0.2, 0.25) is 0 Å². The van der Waals surface area contributed by atoms with E-state index in [1.54, 1.807) is 36.4 Å². The fraction of sp³-hybridized carbons (Fsp3) is 0.0833. The van der Waals surface area contributed by atoms with E-state index in [9.17, 15) is 13.2 Å². The molecule has 1 aliphatic heterocycles. The molecule has 1 aliphatic rings.